The van der Waals surface area contributed by atoms with Gasteiger partial charge in [-0.25, -0.2) is 4.79 Å². The zero-order chi connectivity index (χ0) is 15.5. The molecule has 0 unspecified atom stereocenters. The van der Waals surface area contributed by atoms with Crippen LogP contribution in [0.2, 0.25) is 0 Å². The van der Waals surface area contributed by atoms with E-state index in [0.717, 1.165) is 23.3 Å². The van der Waals surface area contributed by atoms with Gasteiger partial charge in [0.25, 0.3) is 0 Å². The van der Waals surface area contributed by atoms with Crippen LogP contribution in [0.25, 0.3) is 5.57 Å². The van der Waals surface area contributed by atoms with Gasteiger partial charge in [0.1, 0.15) is 11.4 Å². The Morgan fingerprint density at radius 2 is 2.14 bits per heavy atom. The molecule has 1 aromatic rings. The van der Waals surface area contributed by atoms with E-state index in [4.69, 9.17) is 9.47 Å². The number of rotatable bonds is 2. The monoisotopic (exact) mass is 290 g/mol. The summed E-state index contributed by atoms with van der Waals surface area (Å²) in [6.07, 6.45) is 6.04. The SMILES string of the molecule is COc1ccncc1C1=CCN(C(=O)OC(C)(C)C)CC1. The highest BCUT2D eigenvalue weighted by Gasteiger charge is 2.24. The summed E-state index contributed by atoms with van der Waals surface area (Å²) >= 11 is 0. The van der Waals surface area contributed by atoms with Gasteiger partial charge in [-0.1, -0.05) is 6.08 Å². The molecule has 0 saturated heterocycles. The average molecular weight is 290 g/mol. The van der Waals surface area contributed by atoms with E-state index in [2.05, 4.69) is 4.98 Å². The van der Waals surface area contributed by atoms with E-state index < -0.39 is 5.60 Å². The van der Waals surface area contributed by atoms with Crippen molar-refractivity contribution in [3.05, 3.63) is 30.1 Å². The van der Waals surface area contributed by atoms with Crippen molar-refractivity contribution in [3.63, 3.8) is 0 Å². The number of hydrogen-bond acceptors (Lipinski definition) is 4. The average Bonchev–Trinajstić information content (AvgIpc) is 2.45. The minimum Gasteiger partial charge on any atom is -0.496 e. The summed E-state index contributed by atoms with van der Waals surface area (Å²) in [5.41, 5.74) is 1.68. The standard InChI is InChI=1S/C16H22N2O3/c1-16(2,3)21-15(19)18-9-6-12(7-10-18)13-11-17-8-5-14(13)20-4/h5-6,8,11H,7,9-10H2,1-4H3. The normalized spacial score (nSPS) is 15.4. The Hall–Kier alpha value is -2.04. The van der Waals surface area contributed by atoms with Crippen molar-refractivity contribution in [1.82, 2.24) is 9.88 Å². The summed E-state index contributed by atoms with van der Waals surface area (Å²) in [5.74, 6) is 0.807. The predicted molar refractivity (Wildman–Crippen MR) is 81.2 cm³/mol. The van der Waals surface area contributed by atoms with Crippen LogP contribution in [-0.2, 0) is 4.74 Å². The third-order valence-electron chi connectivity index (χ3n) is 3.21. The van der Waals surface area contributed by atoms with Crippen LogP contribution < -0.4 is 4.74 Å². The van der Waals surface area contributed by atoms with Crippen molar-refractivity contribution in [2.75, 3.05) is 20.2 Å². The summed E-state index contributed by atoms with van der Waals surface area (Å²) in [4.78, 5) is 17.9. The second kappa shape index (κ2) is 6.16. The van der Waals surface area contributed by atoms with Crippen LogP contribution in [0.4, 0.5) is 4.79 Å². The number of hydrogen-bond donors (Lipinski definition) is 0. The highest BCUT2D eigenvalue weighted by atomic mass is 16.6. The van der Waals surface area contributed by atoms with Gasteiger partial charge in [0, 0.05) is 31.0 Å². The first-order chi connectivity index (χ1) is 9.90. The van der Waals surface area contributed by atoms with Crippen LogP contribution in [0.5, 0.6) is 5.75 Å². The summed E-state index contributed by atoms with van der Waals surface area (Å²) < 4.78 is 10.7. The first-order valence-corrected chi connectivity index (χ1v) is 7.06. The van der Waals surface area contributed by atoms with E-state index in [9.17, 15) is 4.79 Å². The molecule has 0 bridgehead atoms. The molecule has 0 spiro atoms. The fourth-order valence-corrected chi connectivity index (χ4v) is 2.21. The lowest BCUT2D eigenvalue weighted by Crippen LogP contribution is -2.39. The zero-order valence-electron chi connectivity index (χ0n) is 13.0. The predicted octanol–water partition coefficient (Wildman–Crippen LogP) is 3.11. The summed E-state index contributed by atoms with van der Waals surface area (Å²) in [5, 5.41) is 0. The van der Waals surface area contributed by atoms with E-state index in [1.807, 2.05) is 32.9 Å². The van der Waals surface area contributed by atoms with E-state index in [1.54, 1.807) is 24.4 Å². The number of aromatic nitrogens is 1. The van der Waals surface area contributed by atoms with Crippen LogP contribution in [0.3, 0.4) is 0 Å². The van der Waals surface area contributed by atoms with Gasteiger partial charge in [0.05, 0.1) is 7.11 Å². The first-order valence-electron chi connectivity index (χ1n) is 7.06. The maximum Gasteiger partial charge on any atom is 0.410 e. The van der Waals surface area contributed by atoms with Gasteiger partial charge in [-0.05, 0) is 38.8 Å². The van der Waals surface area contributed by atoms with Crippen molar-refractivity contribution in [3.8, 4) is 5.75 Å². The molecule has 1 aliphatic heterocycles. The number of amides is 1. The molecule has 0 atom stereocenters. The number of pyridine rings is 1. The lowest BCUT2D eigenvalue weighted by molar-refractivity contribution is 0.0270. The lowest BCUT2D eigenvalue weighted by Gasteiger charge is -2.29. The maximum absolute atomic E-state index is 12.0. The summed E-state index contributed by atoms with van der Waals surface area (Å²) in [7, 11) is 1.65. The molecule has 114 valence electrons. The topological polar surface area (TPSA) is 51.7 Å². The summed E-state index contributed by atoms with van der Waals surface area (Å²) in [6, 6.07) is 1.84. The van der Waals surface area contributed by atoms with E-state index >= 15 is 0 Å². The molecule has 5 nitrogen and oxygen atoms in total. The Labute approximate surface area is 125 Å². The molecular weight excluding hydrogens is 268 g/mol. The fourth-order valence-electron chi connectivity index (χ4n) is 2.21. The Balaban J connectivity index is 2.07. The molecule has 0 saturated carbocycles. The Morgan fingerprint density at radius 3 is 2.71 bits per heavy atom. The molecule has 1 amide bonds. The molecule has 5 heteroatoms. The molecule has 0 aromatic carbocycles. The van der Waals surface area contributed by atoms with E-state index in [-0.39, 0.29) is 6.09 Å². The molecule has 2 rings (SSSR count). The van der Waals surface area contributed by atoms with E-state index in [1.165, 1.54) is 0 Å². The van der Waals surface area contributed by atoms with Crippen molar-refractivity contribution in [2.45, 2.75) is 32.8 Å². The van der Waals surface area contributed by atoms with Gasteiger partial charge in [-0.2, -0.15) is 0 Å². The van der Waals surface area contributed by atoms with Crippen molar-refractivity contribution < 1.29 is 14.3 Å². The molecule has 21 heavy (non-hydrogen) atoms. The minimum absolute atomic E-state index is 0.268. The van der Waals surface area contributed by atoms with Crippen molar-refractivity contribution in [2.24, 2.45) is 0 Å². The largest absolute Gasteiger partial charge is 0.496 e. The fraction of sp³-hybridized carbons (Fsp3) is 0.500. The Morgan fingerprint density at radius 1 is 1.38 bits per heavy atom. The van der Waals surface area contributed by atoms with Crippen LogP contribution >= 0.6 is 0 Å². The van der Waals surface area contributed by atoms with Crippen LogP contribution in [-0.4, -0.2) is 41.8 Å². The molecule has 0 N–H and O–H groups in total. The second-order valence-corrected chi connectivity index (χ2v) is 5.98. The highest BCUT2D eigenvalue weighted by Crippen LogP contribution is 2.29. The zero-order valence-corrected chi connectivity index (χ0v) is 13.0. The molecule has 1 aliphatic rings. The molecule has 0 aliphatic carbocycles. The number of carbonyl (C=O) groups is 1. The highest BCUT2D eigenvalue weighted by molar-refractivity contribution is 5.74. The molecule has 0 fully saturated rings. The number of carbonyl (C=O) groups excluding carboxylic acids is 1. The third-order valence-corrected chi connectivity index (χ3v) is 3.21. The maximum atomic E-state index is 12.0. The van der Waals surface area contributed by atoms with Crippen molar-refractivity contribution >= 4 is 11.7 Å². The van der Waals surface area contributed by atoms with Gasteiger partial charge in [-0.15, -0.1) is 0 Å². The number of methoxy groups -OCH3 is 1. The first kappa shape index (κ1) is 15.4. The van der Waals surface area contributed by atoms with Gasteiger partial charge < -0.3 is 14.4 Å². The van der Waals surface area contributed by atoms with Gasteiger partial charge in [0.2, 0.25) is 0 Å². The minimum atomic E-state index is -0.465. The van der Waals surface area contributed by atoms with Crippen LogP contribution in [0.15, 0.2) is 24.5 Å². The van der Waals surface area contributed by atoms with Gasteiger partial charge in [-0.3, -0.25) is 4.98 Å². The molecule has 0 radical (unpaired) electrons. The Kier molecular flexibility index (Phi) is 4.50. The van der Waals surface area contributed by atoms with Gasteiger partial charge >= 0.3 is 6.09 Å². The van der Waals surface area contributed by atoms with Crippen molar-refractivity contribution in [1.29, 1.82) is 0 Å². The number of nitrogens with zero attached hydrogens (tertiary/aromatic N) is 2. The smallest absolute Gasteiger partial charge is 0.410 e. The van der Waals surface area contributed by atoms with Crippen LogP contribution in [0, 0.1) is 0 Å². The lowest BCUT2D eigenvalue weighted by atomic mass is 10.0. The molecular formula is C16H22N2O3. The third kappa shape index (κ3) is 3.97. The Bertz CT molecular complexity index is 547. The quantitative estimate of drug-likeness (QED) is 0.839. The molecule has 2 heterocycles. The summed E-state index contributed by atoms with van der Waals surface area (Å²) in [6.45, 7) is 6.80. The van der Waals surface area contributed by atoms with Gasteiger partial charge in [0.15, 0.2) is 0 Å². The van der Waals surface area contributed by atoms with E-state index in [0.29, 0.717) is 13.1 Å². The second-order valence-electron chi connectivity index (χ2n) is 5.98. The molecule has 1 aromatic heterocycles. The number of ether oxygens (including phenoxy) is 2. The van der Waals surface area contributed by atoms with Crippen LogP contribution in [0.1, 0.15) is 32.8 Å².